The number of halogens is 3. The van der Waals surface area contributed by atoms with Crippen molar-refractivity contribution in [1.82, 2.24) is 0 Å². The summed E-state index contributed by atoms with van der Waals surface area (Å²) in [4.78, 5) is -0.0557. The van der Waals surface area contributed by atoms with Gasteiger partial charge in [0.25, 0.3) is 9.05 Å². The first-order chi connectivity index (χ1) is 7.71. The second-order valence-corrected chi connectivity index (χ2v) is 7.87. The van der Waals surface area contributed by atoms with Crippen LogP contribution in [-0.4, -0.2) is 15.0 Å². The minimum absolute atomic E-state index is 0.0557. The molecule has 0 aliphatic heterocycles. The van der Waals surface area contributed by atoms with Crippen molar-refractivity contribution < 1.29 is 13.2 Å². The zero-order chi connectivity index (χ0) is 13.2. The Hall–Kier alpha value is -0.0400. The molecule has 0 unspecified atom stereocenters. The highest BCUT2D eigenvalue weighted by Gasteiger charge is 2.20. The molecule has 0 saturated carbocycles. The van der Waals surface area contributed by atoms with Crippen LogP contribution in [-0.2, 0) is 9.05 Å². The number of ether oxygens (including phenoxy) is 1. The molecule has 0 fully saturated rings. The standard InChI is InChI=1S/C10H9Br2ClO3S/c1-6-3-8(12)4-9(17(13,14)15)10(6)16-5-7(2)11/h3-4H,2,5H2,1H3. The van der Waals surface area contributed by atoms with Gasteiger partial charge in [0.05, 0.1) is 0 Å². The quantitative estimate of drug-likeness (QED) is 0.713. The summed E-state index contributed by atoms with van der Waals surface area (Å²) >= 11 is 6.35. The van der Waals surface area contributed by atoms with Crippen LogP contribution in [0.25, 0.3) is 0 Å². The zero-order valence-electron chi connectivity index (χ0n) is 8.84. The number of hydrogen-bond donors (Lipinski definition) is 0. The highest BCUT2D eigenvalue weighted by atomic mass is 79.9. The summed E-state index contributed by atoms with van der Waals surface area (Å²) in [5.74, 6) is 0.240. The van der Waals surface area contributed by atoms with Crippen molar-refractivity contribution in [2.45, 2.75) is 11.8 Å². The molecular weight excluding hydrogens is 395 g/mol. The fourth-order valence-electron chi connectivity index (χ4n) is 1.22. The monoisotopic (exact) mass is 402 g/mol. The van der Waals surface area contributed by atoms with E-state index in [0.717, 1.165) is 0 Å². The number of benzene rings is 1. The second-order valence-electron chi connectivity index (χ2n) is 3.29. The molecule has 0 aliphatic rings. The Kier molecular flexibility index (Phi) is 5.07. The first-order valence-corrected chi connectivity index (χ1v) is 8.32. The fraction of sp³-hybridized carbons (Fsp3) is 0.200. The Morgan fingerprint density at radius 3 is 2.59 bits per heavy atom. The van der Waals surface area contributed by atoms with E-state index in [0.29, 0.717) is 14.5 Å². The van der Waals surface area contributed by atoms with E-state index in [-0.39, 0.29) is 17.3 Å². The van der Waals surface area contributed by atoms with Gasteiger partial charge in [-0.05, 0) is 24.6 Å². The Balaban J connectivity index is 3.31. The van der Waals surface area contributed by atoms with Gasteiger partial charge in [-0.2, -0.15) is 0 Å². The Bertz CT molecular complexity index is 555. The topological polar surface area (TPSA) is 43.4 Å². The number of aryl methyl sites for hydroxylation is 1. The third-order valence-electron chi connectivity index (χ3n) is 1.84. The normalized spacial score (nSPS) is 11.3. The number of hydrogen-bond acceptors (Lipinski definition) is 3. The van der Waals surface area contributed by atoms with Crippen LogP contribution in [0, 0.1) is 6.92 Å². The molecule has 1 rings (SSSR count). The van der Waals surface area contributed by atoms with Crippen LogP contribution in [0.2, 0.25) is 0 Å². The Morgan fingerprint density at radius 1 is 1.53 bits per heavy atom. The highest BCUT2D eigenvalue weighted by Crippen LogP contribution is 2.34. The third kappa shape index (κ3) is 4.28. The Morgan fingerprint density at radius 2 is 2.12 bits per heavy atom. The molecule has 94 valence electrons. The van der Waals surface area contributed by atoms with Crippen LogP contribution in [0.15, 0.2) is 32.6 Å². The lowest BCUT2D eigenvalue weighted by atomic mass is 10.2. The van der Waals surface area contributed by atoms with Crippen molar-refractivity contribution >= 4 is 51.6 Å². The van der Waals surface area contributed by atoms with E-state index in [1.165, 1.54) is 6.07 Å². The lowest BCUT2D eigenvalue weighted by molar-refractivity contribution is 0.348. The van der Waals surface area contributed by atoms with E-state index in [9.17, 15) is 8.42 Å². The van der Waals surface area contributed by atoms with Crippen LogP contribution >= 0.6 is 42.5 Å². The van der Waals surface area contributed by atoms with Gasteiger partial charge in [-0.15, -0.1) is 0 Å². The SMILES string of the molecule is C=C(Br)COc1c(C)cc(Br)cc1S(=O)(=O)Cl. The molecule has 0 saturated heterocycles. The molecule has 1 aromatic rings. The summed E-state index contributed by atoms with van der Waals surface area (Å²) in [6.45, 7) is 5.52. The van der Waals surface area contributed by atoms with Gasteiger partial charge < -0.3 is 4.74 Å². The maximum Gasteiger partial charge on any atom is 0.265 e. The molecule has 0 atom stereocenters. The van der Waals surface area contributed by atoms with Crippen LogP contribution < -0.4 is 4.74 Å². The molecule has 0 amide bonds. The van der Waals surface area contributed by atoms with Crippen LogP contribution in [0.1, 0.15) is 5.56 Å². The van der Waals surface area contributed by atoms with E-state index >= 15 is 0 Å². The minimum Gasteiger partial charge on any atom is -0.487 e. The number of rotatable bonds is 4. The van der Waals surface area contributed by atoms with Crippen LogP contribution in [0.4, 0.5) is 0 Å². The van der Waals surface area contributed by atoms with Gasteiger partial charge in [-0.25, -0.2) is 8.42 Å². The van der Waals surface area contributed by atoms with Crippen LogP contribution in [0.5, 0.6) is 5.75 Å². The zero-order valence-corrected chi connectivity index (χ0v) is 13.6. The predicted octanol–water partition coefficient (Wildman–Crippen LogP) is 3.97. The third-order valence-corrected chi connectivity index (χ3v) is 3.86. The van der Waals surface area contributed by atoms with E-state index in [2.05, 4.69) is 38.4 Å². The lowest BCUT2D eigenvalue weighted by Gasteiger charge is -2.12. The van der Waals surface area contributed by atoms with E-state index < -0.39 is 9.05 Å². The van der Waals surface area contributed by atoms with Gasteiger partial charge in [0.1, 0.15) is 17.3 Å². The molecule has 3 nitrogen and oxygen atoms in total. The van der Waals surface area contributed by atoms with Crippen molar-refractivity contribution in [3.05, 3.63) is 33.2 Å². The average Bonchev–Trinajstić information content (AvgIpc) is 2.13. The molecular formula is C10H9Br2ClO3S. The molecule has 0 spiro atoms. The smallest absolute Gasteiger partial charge is 0.265 e. The summed E-state index contributed by atoms with van der Waals surface area (Å²) in [6, 6.07) is 3.15. The molecule has 1 aromatic carbocycles. The average molecular weight is 405 g/mol. The first-order valence-electron chi connectivity index (χ1n) is 4.42. The predicted molar refractivity (Wildman–Crippen MR) is 75.5 cm³/mol. The molecule has 17 heavy (non-hydrogen) atoms. The summed E-state index contributed by atoms with van der Waals surface area (Å²) in [5.41, 5.74) is 0.673. The second kappa shape index (κ2) is 5.73. The summed E-state index contributed by atoms with van der Waals surface area (Å²) < 4.78 is 29.5. The van der Waals surface area contributed by atoms with Gasteiger partial charge in [0.15, 0.2) is 0 Å². The molecule has 0 heterocycles. The molecule has 0 aromatic heterocycles. The van der Waals surface area contributed by atoms with Gasteiger partial charge in [-0.1, -0.05) is 38.4 Å². The van der Waals surface area contributed by atoms with Crippen LogP contribution in [0.3, 0.4) is 0 Å². The largest absolute Gasteiger partial charge is 0.487 e. The van der Waals surface area contributed by atoms with E-state index in [4.69, 9.17) is 15.4 Å². The molecule has 7 heteroatoms. The molecule has 0 radical (unpaired) electrons. The molecule has 0 N–H and O–H groups in total. The highest BCUT2D eigenvalue weighted by molar-refractivity contribution is 9.11. The van der Waals surface area contributed by atoms with E-state index in [1.54, 1.807) is 13.0 Å². The van der Waals surface area contributed by atoms with Crippen molar-refractivity contribution in [2.75, 3.05) is 6.61 Å². The Labute approximate surface area is 121 Å². The molecule has 0 aliphatic carbocycles. The van der Waals surface area contributed by atoms with Gasteiger partial charge in [0, 0.05) is 19.6 Å². The van der Waals surface area contributed by atoms with Gasteiger partial charge in [0.2, 0.25) is 0 Å². The van der Waals surface area contributed by atoms with Crippen molar-refractivity contribution in [3.8, 4) is 5.75 Å². The van der Waals surface area contributed by atoms with Gasteiger partial charge >= 0.3 is 0 Å². The maximum absolute atomic E-state index is 11.4. The fourth-order valence-corrected chi connectivity index (χ4v) is 3.11. The first kappa shape index (κ1) is 15.0. The van der Waals surface area contributed by atoms with Crippen molar-refractivity contribution in [2.24, 2.45) is 0 Å². The van der Waals surface area contributed by atoms with Crippen molar-refractivity contribution in [3.63, 3.8) is 0 Å². The van der Waals surface area contributed by atoms with Crippen molar-refractivity contribution in [1.29, 1.82) is 0 Å². The summed E-state index contributed by atoms with van der Waals surface area (Å²) in [6.07, 6.45) is 0. The maximum atomic E-state index is 11.4. The lowest BCUT2D eigenvalue weighted by Crippen LogP contribution is -2.03. The van der Waals surface area contributed by atoms with E-state index in [1.807, 2.05) is 0 Å². The summed E-state index contributed by atoms with van der Waals surface area (Å²) in [5, 5.41) is 0. The van der Waals surface area contributed by atoms with Gasteiger partial charge in [-0.3, -0.25) is 0 Å². The minimum atomic E-state index is -3.85. The molecule has 0 bridgehead atoms. The summed E-state index contributed by atoms with van der Waals surface area (Å²) in [7, 11) is 1.51.